The lowest BCUT2D eigenvalue weighted by molar-refractivity contribution is -0.389. The van der Waals surface area contributed by atoms with Gasteiger partial charge in [0.25, 0.3) is 0 Å². The lowest BCUT2D eigenvalue weighted by atomic mass is 10.8. The molecule has 0 atom stereocenters. The van der Waals surface area contributed by atoms with Gasteiger partial charge in [0.1, 0.15) is 12.9 Å². The third-order valence-corrected chi connectivity index (χ3v) is 1.64. The highest BCUT2D eigenvalue weighted by molar-refractivity contribution is 6.28. The SMILES string of the molecule is CCOCn1cc([N+](=O)[O-])nc1Cl. The summed E-state index contributed by atoms with van der Waals surface area (Å²) in [5, 5.41) is 10.3. The first-order valence-corrected chi connectivity index (χ1v) is 3.97. The lowest BCUT2D eigenvalue weighted by Gasteiger charge is -1.99. The van der Waals surface area contributed by atoms with Crippen LogP contribution < -0.4 is 0 Å². The molecule has 0 fully saturated rings. The molecule has 7 heteroatoms. The Bertz CT molecular complexity index is 312. The van der Waals surface area contributed by atoms with Crippen LogP contribution >= 0.6 is 11.6 Å². The number of aromatic nitrogens is 2. The molecule has 0 N–H and O–H groups in total. The van der Waals surface area contributed by atoms with Crippen molar-refractivity contribution in [3.05, 3.63) is 21.6 Å². The van der Waals surface area contributed by atoms with E-state index < -0.39 is 4.92 Å². The Kier molecular flexibility index (Phi) is 3.21. The van der Waals surface area contributed by atoms with Gasteiger partial charge < -0.3 is 14.9 Å². The number of ether oxygens (including phenoxy) is 1. The van der Waals surface area contributed by atoms with Crippen molar-refractivity contribution < 1.29 is 9.66 Å². The number of nitro groups is 1. The number of nitrogens with zero attached hydrogens (tertiary/aromatic N) is 3. The largest absolute Gasteiger partial charge is 0.383 e. The number of imidazole rings is 1. The highest BCUT2D eigenvalue weighted by Gasteiger charge is 2.16. The summed E-state index contributed by atoms with van der Waals surface area (Å²) in [5.41, 5.74) is 0. The molecule has 0 radical (unpaired) electrons. The first-order valence-electron chi connectivity index (χ1n) is 3.60. The van der Waals surface area contributed by atoms with Gasteiger partial charge in [-0.15, -0.1) is 0 Å². The Balaban J connectivity index is 2.77. The van der Waals surface area contributed by atoms with Gasteiger partial charge in [0.05, 0.1) is 0 Å². The zero-order valence-corrected chi connectivity index (χ0v) is 7.69. The van der Waals surface area contributed by atoms with E-state index in [9.17, 15) is 10.1 Å². The number of hydrogen-bond acceptors (Lipinski definition) is 4. The first-order chi connectivity index (χ1) is 6.15. The van der Waals surface area contributed by atoms with Gasteiger partial charge in [0.2, 0.25) is 0 Å². The minimum absolute atomic E-state index is 0.0557. The molecule has 0 aromatic carbocycles. The normalized spacial score (nSPS) is 10.3. The smallest absolute Gasteiger partial charge is 0.361 e. The minimum Gasteiger partial charge on any atom is -0.361 e. The predicted octanol–water partition coefficient (Wildman–Crippen LogP) is 1.44. The average Bonchev–Trinajstić information content (AvgIpc) is 2.44. The minimum atomic E-state index is -0.603. The van der Waals surface area contributed by atoms with Crippen LogP contribution in [-0.4, -0.2) is 21.1 Å². The van der Waals surface area contributed by atoms with E-state index in [1.807, 2.05) is 6.92 Å². The molecule has 0 saturated heterocycles. The molecule has 0 saturated carbocycles. The lowest BCUT2D eigenvalue weighted by Crippen LogP contribution is -2.00. The van der Waals surface area contributed by atoms with Crippen molar-refractivity contribution in [3.8, 4) is 0 Å². The summed E-state index contributed by atoms with van der Waals surface area (Å²) in [7, 11) is 0. The quantitative estimate of drug-likeness (QED) is 0.551. The molecule has 1 aromatic rings. The zero-order chi connectivity index (χ0) is 9.84. The van der Waals surface area contributed by atoms with Crippen LogP contribution in [-0.2, 0) is 11.5 Å². The standard InChI is InChI=1S/C6H8ClN3O3/c1-2-13-4-9-3-5(10(11)12)8-6(9)7/h3H,2,4H2,1H3. The summed E-state index contributed by atoms with van der Waals surface area (Å²) in [6, 6.07) is 0. The molecule has 1 rings (SSSR count). The van der Waals surface area contributed by atoms with Crippen molar-refractivity contribution in [2.45, 2.75) is 13.7 Å². The van der Waals surface area contributed by atoms with Crippen molar-refractivity contribution >= 4 is 17.4 Å². The molecule has 0 amide bonds. The topological polar surface area (TPSA) is 70.2 Å². The Morgan fingerprint density at radius 1 is 1.85 bits per heavy atom. The molecular formula is C6H8ClN3O3. The van der Waals surface area contributed by atoms with Crippen molar-refractivity contribution in [1.29, 1.82) is 0 Å². The maximum Gasteiger partial charge on any atom is 0.383 e. The summed E-state index contributed by atoms with van der Waals surface area (Å²) >= 11 is 5.59. The third kappa shape index (κ3) is 2.40. The van der Waals surface area contributed by atoms with E-state index in [-0.39, 0.29) is 17.8 Å². The average molecular weight is 206 g/mol. The number of rotatable bonds is 4. The van der Waals surface area contributed by atoms with E-state index in [0.717, 1.165) is 0 Å². The van der Waals surface area contributed by atoms with Crippen LogP contribution in [0.15, 0.2) is 6.20 Å². The summed E-state index contributed by atoms with van der Waals surface area (Å²) < 4.78 is 6.37. The first kappa shape index (κ1) is 9.94. The fourth-order valence-electron chi connectivity index (χ4n) is 0.748. The molecule has 1 heterocycles. The van der Waals surface area contributed by atoms with Crippen LogP contribution in [0.2, 0.25) is 5.28 Å². The van der Waals surface area contributed by atoms with Crippen molar-refractivity contribution in [3.63, 3.8) is 0 Å². The summed E-state index contributed by atoms with van der Waals surface area (Å²) in [6.07, 6.45) is 1.23. The number of halogens is 1. The van der Waals surface area contributed by atoms with E-state index >= 15 is 0 Å². The fraction of sp³-hybridized carbons (Fsp3) is 0.500. The highest BCUT2D eigenvalue weighted by Crippen LogP contribution is 2.14. The monoisotopic (exact) mass is 205 g/mol. The second-order valence-corrected chi connectivity index (χ2v) is 2.55. The highest BCUT2D eigenvalue weighted by atomic mass is 35.5. The Morgan fingerprint density at radius 2 is 2.54 bits per heavy atom. The fourth-order valence-corrected chi connectivity index (χ4v) is 0.933. The molecule has 13 heavy (non-hydrogen) atoms. The zero-order valence-electron chi connectivity index (χ0n) is 6.94. The van der Waals surface area contributed by atoms with Crippen molar-refractivity contribution in [1.82, 2.24) is 9.55 Å². The number of hydrogen-bond donors (Lipinski definition) is 0. The Morgan fingerprint density at radius 3 is 3.00 bits per heavy atom. The molecule has 6 nitrogen and oxygen atoms in total. The summed E-state index contributed by atoms with van der Waals surface area (Å²) in [6.45, 7) is 2.51. The molecule has 0 aliphatic carbocycles. The Hall–Kier alpha value is -1.14. The summed E-state index contributed by atoms with van der Waals surface area (Å²) in [5.74, 6) is -0.273. The van der Waals surface area contributed by atoms with E-state index in [1.54, 1.807) is 0 Å². The third-order valence-electron chi connectivity index (χ3n) is 1.34. The summed E-state index contributed by atoms with van der Waals surface area (Å²) in [4.78, 5) is 13.2. The van der Waals surface area contributed by atoms with Crippen LogP contribution in [0.3, 0.4) is 0 Å². The van der Waals surface area contributed by atoms with E-state index in [4.69, 9.17) is 16.3 Å². The van der Waals surface area contributed by atoms with Crippen molar-refractivity contribution in [2.24, 2.45) is 0 Å². The van der Waals surface area contributed by atoms with Crippen LogP contribution in [0, 0.1) is 10.1 Å². The van der Waals surface area contributed by atoms with Gasteiger partial charge in [-0.25, -0.2) is 0 Å². The van der Waals surface area contributed by atoms with Gasteiger partial charge in [0, 0.05) is 6.61 Å². The maximum atomic E-state index is 10.3. The van der Waals surface area contributed by atoms with Crippen LogP contribution in [0.5, 0.6) is 0 Å². The predicted molar refractivity (Wildman–Crippen MR) is 45.5 cm³/mol. The van der Waals surface area contributed by atoms with Crippen LogP contribution in [0.1, 0.15) is 6.92 Å². The van der Waals surface area contributed by atoms with Gasteiger partial charge in [0.15, 0.2) is 0 Å². The van der Waals surface area contributed by atoms with Gasteiger partial charge in [-0.3, -0.25) is 4.57 Å². The second-order valence-electron chi connectivity index (χ2n) is 2.22. The molecule has 0 bridgehead atoms. The molecule has 0 spiro atoms. The van der Waals surface area contributed by atoms with E-state index in [1.165, 1.54) is 10.8 Å². The van der Waals surface area contributed by atoms with E-state index in [0.29, 0.717) is 6.61 Å². The Labute approximate surface area is 79.2 Å². The molecular weight excluding hydrogens is 198 g/mol. The van der Waals surface area contributed by atoms with Gasteiger partial charge in [-0.2, -0.15) is 0 Å². The molecule has 0 aliphatic rings. The molecule has 1 aromatic heterocycles. The van der Waals surface area contributed by atoms with Gasteiger partial charge in [-0.1, -0.05) is 0 Å². The van der Waals surface area contributed by atoms with Crippen molar-refractivity contribution in [2.75, 3.05) is 6.61 Å². The maximum absolute atomic E-state index is 10.3. The molecule has 0 aliphatic heterocycles. The van der Waals surface area contributed by atoms with E-state index in [2.05, 4.69) is 4.98 Å². The van der Waals surface area contributed by atoms with Crippen LogP contribution in [0.4, 0.5) is 5.82 Å². The second kappa shape index (κ2) is 4.20. The van der Waals surface area contributed by atoms with Gasteiger partial charge in [-0.05, 0) is 28.4 Å². The van der Waals surface area contributed by atoms with Gasteiger partial charge >= 0.3 is 11.1 Å². The molecule has 72 valence electrons. The molecule has 0 unspecified atom stereocenters. The van der Waals surface area contributed by atoms with Crippen LogP contribution in [0.25, 0.3) is 0 Å².